The summed E-state index contributed by atoms with van der Waals surface area (Å²) in [4.78, 5) is 10.0. The Morgan fingerprint density at radius 2 is 2.22 bits per heavy atom. The number of anilines is 1. The van der Waals surface area contributed by atoms with Gasteiger partial charge in [-0.05, 0) is 6.07 Å². The van der Waals surface area contributed by atoms with Gasteiger partial charge in [0.25, 0.3) is 0 Å². The summed E-state index contributed by atoms with van der Waals surface area (Å²) in [5.41, 5.74) is -0.0857. The number of nitro benzene ring substituents is 1. The number of rotatable bonds is 7. The lowest BCUT2D eigenvalue weighted by molar-refractivity contribution is -0.386. The van der Waals surface area contributed by atoms with Crippen LogP contribution in [0.5, 0.6) is 5.75 Å². The maximum absolute atomic E-state index is 12.4. The third-order valence-corrected chi connectivity index (χ3v) is 3.17. The molecule has 2 aromatic rings. The summed E-state index contributed by atoms with van der Waals surface area (Å²) >= 11 is 0. The van der Waals surface area contributed by atoms with E-state index in [0.717, 1.165) is 11.9 Å². The zero-order chi connectivity index (χ0) is 17.0. The van der Waals surface area contributed by atoms with Gasteiger partial charge in [-0.1, -0.05) is 6.92 Å². The third-order valence-electron chi connectivity index (χ3n) is 3.17. The molecule has 1 atom stereocenters. The second-order valence-electron chi connectivity index (χ2n) is 4.90. The van der Waals surface area contributed by atoms with E-state index in [2.05, 4.69) is 20.3 Å². The van der Waals surface area contributed by atoms with Gasteiger partial charge >= 0.3 is 12.3 Å². The van der Waals surface area contributed by atoms with Gasteiger partial charge in [0.15, 0.2) is 0 Å². The van der Waals surface area contributed by atoms with Crippen LogP contribution >= 0.6 is 0 Å². The minimum atomic E-state index is -3.14. The number of halogens is 2. The van der Waals surface area contributed by atoms with Gasteiger partial charge in [-0.15, -0.1) is 10.2 Å². The Morgan fingerprint density at radius 3 is 2.78 bits per heavy atom. The van der Waals surface area contributed by atoms with Crippen LogP contribution in [0.4, 0.5) is 20.2 Å². The van der Waals surface area contributed by atoms with Crippen LogP contribution < -0.4 is 10.1 Å². The molecule has 1 heterocycles. The summed E-state index contributed by atoms with van der Waals surface area (Å²) in [5.74, 6) is 0.266. The van der Waals surface area contributed by atoms with Crippen LogP contribution in [0.25, 0.3) is 0 Å². The molecular weight excluding hydrogens is 312 g/mol. The number of nitro groups is 1. The molecule has 10 heteroatoms. The number of nitrogens with zero attached hydrogens (tertiary/aromatic N) is 4. The van der Waals surface area contributed by atoms with Crippen LogP contribution in [-0.4, -0.2) is 32.8 Å². The van der Waals surface area contributed by atoms with Gasteiger partial charge in [0.05, 0.1) is 4.92 Å². The SMILES string of the molecule is C[C@H](CNc1ccc([N+](=O)[O-])c(OC(F)F)c1)c1nncn1C. The summed E-state index contributed by atoms with van der Waals surface area (Å²) < 4.78 is 30.7. The number of alkyl halides is 2. The molecule has 0 bridgehead atoms. The Hall–Kier alpha value is -2.78. The van der Waals surface area contributed by atoms with Crippen molar-refractivity contribution >= 4 is 11.4 Å². The smallest absolute Gasteiger partial charge is 0.387 e. The summed E-state index contributed by atoms with van der Waals surface area (Å²) in [6.07, 6.45) is 1.58. The van der Waals surface area contributed by atoms with Crippen molar-refractivity contribution in [1.82, 2.24) is 14.8 Å². The van der Waals surface area contributed by atoms with E-state index in [-0.39, 0.29) is 5.92 Å². The van der Waals surface area contributed by atoms with Gasteiger partial charge in [-0.25, -0.2) is 0 Å². The van der Waals surface area contributed by atoms with Crippen LogP contribution in [0, 0.1) is 10.1 Å². The first-order valence-electron chi connectivity index (χ1n) is 6.69. The highest BCUT2D eigenvalue weighted by Crippen LogP contribution is 2.31. The molecule has 1 aromatic heterocycles. The van der Waals surface area contributed by atoms with Gasteiger partial charge in [-0.3, -0.25) is 10.1 Å². The molecule has 0 unspecified atom stereocenters. The summed E-state index contributed by atoms with van der Waals surface area (Å²) in [7, 11) is 1.81. The van der Waals surface area contributed by atoms with Crippen molar-refractivity contribution in [3.8, 4) is 5.75 Å². The molecule has 0 aliphatic carbocycles. The molecular formula is C13H15F2N5O3. The molecule has 0 aliphatic rings. The van der Waals surface area contributed by atoms with Crippen LogP contribution in [0.3, 0.4) is 0 Å². The van der Waals surface area contributed by atoms with E-state index < -0.39 is 23.0 Å². The first-order chi connectivity index (χ1) is 10.9. The summed E-state index contributed by atoms with van der Waals surface area (Å²) in [6, 6.07) is 3.72. The molecule has 8 nitrogen and oxygen atoms in total. The predicted octanol–water partition coefficient (Wildman–Crippen LogP) is 2.54. The normalized spacial score (nSPS) is 12.2. The fraction of sp³-hybridized carbons (Fsp3) is 0.385. The van der Waals surface area contributed by atoms with Crippen LogP contribution in [0.2, 0.25) is 0 Å². The number of aryl methyl sites for hydroxylation is 1. The quantitative estimate of drug-likeness (QED) is 0.620. The van der Waals surface area contributed by atoms with Gasteiger partial charge in [0, 0.05) is 37.3 Å². The number of hydrogen-bond donors (Lipinski definition) is 1. The maximum Gasteiger partial charge on any atom is 0.387 e. The van der Waals surface area contributed by atoms with Crippen molar-refractivity contribution in [3.05, 3.63) is 40.5 Å². The molecule has 2 rings (SSSR count). The van der Waals surface area contributed by atoms with Crippen molar-refractivity contribution in [2.75, 3.05) is 11.9 Å². The van der Waals surface area contributed by atoms with Crippen molar-refractivity contribution in [2.45, 2.75) is 19.5 Å². The Kier molecular flexibility index (Phi) is 5.04. The first-order valence-corrected chi connectivity index (χ1v) is 6.69. The lowest BCUT2D eigenvalue weighted by Crippen LogP contribution is -2.14. The molecule has 0 radical (unpaired) electrons. The van der Waals surface area contributed by atoms with Gasteiger partial charge in [-0.2, -0.15) is 8.78 Å². The topological polar surface area (TPSA) is 95.1 Å². The van der Waals surface area contributed by atoms with E-state index in [4.69, 9.17) is 0 Å². The second-order valence-corrected chi connectivity index (χ2v) is 4.90. The Balaban J connectivity index is 2.11. The predicted molar refractivity (Wildman–Crippen MR) is 77.6 cm³/mol. The molecule has 0 aliphatic heterocycles. The Labute approximate surface area is 130 Å². The van der Waals surface area contributed by atoms with E-state index in [9.17, 15) is 18.9 Å². The lowest BCUT2D eigenvalue weighted by Gasteiger charge is -2.14. The van der Waals surface area contributed by atoms with Gasteiger partial charge in [0.2, 0.25) is 5.75 Å². The largest absolute Gasteiger partial charge is 0.427 e. The molecule has 1 N–H and O–H groups in total. The molecule has 0 fully saturated rings. The van der Waals surface area contributed by atoms with Crippen molar-refractivity contribution in [3.63, 3.8) is 0 Å². The lowest BCUT2D eigenvalue weighted by atomic mass is 10.1. The van der Waals surface area contributed by atoms with Crippen molar-refractivity contribution in [1.29, 1.82) is 0 Å². The highest BCUT2D eigenvalue weighted by molar-refractivity contribution is 5.58. The van der Waals surface area contributed by atoms with Gasteiger partial charge < -0.3 is 14.6 Å². The second kappa shape index (κ2) is 6.99. The molecule has 0 saturated carbocycles. The average molecular weight is 327 g/mol. The van der Waals surface area contributed by atoms with E-state index >= 15 is 0 Å². The monoisotopic (exact) mass is 327 g/mol. The van der Waals surface area contributed by atoms with E-state index in [0.29, 0.717) is 12.2 Å². The van der Waals surface area contributed by atoms with E-state index in [1.807, 2.05) is 14.0 Å². The number of nitrogens with one attached hydrogen (secondary N) is 1. The molecule has 23 heavy (non-hydrogen) atoms. The zero-order valence-corrected chi connectivity index (χ0v) is 12.4. The highest BCUT2D eigenvalue weighted by Gasteiger charge is 2.19. The fourth-order valence-corrected chi connectivity index (χ4v) is 2.07. The average Bonchev–Trinajstić information content (AvgIpc) is 2.90. The molecule has 1 aromatic carbocycles. The molecule has 124 valence electrons. The fourth-order valence-electron chi connectivity index (χ4n) is 2.07. The van der Waals surface area contributed by atoms with Crippen LogP contribution in [0.15, 0.2) is 24.5 Å². The third kappa shape index (κ3) is 4.11. The standard InChI is InChI=1S/C13H15F2N5O3/c1-8(12-18-17-7-19(12)2)6-16-9-3-4-10(20(21)22)11(5-9)23-13(14)15/h3-5,7-8,13,16H,6H2,1-2H3/t8-/m1/s1. The van der Waals surface area contributed by atoms with Crippen LogP contribution in [0.1, 0.15) is 18.7 Å². The number of ether oxygens (including phenoxy) is 1. The molecule has 0 saturated heterocycles. The highest BCUT2D eigenvalue weighted by atomic mass is 19.3. The minimum Gasteiger partial charge on any atom is -0.427 e. The zero-order valence-electron chi connectivity index (χ0n) is 12.4. The molecule has 0 spiro atoms. The number of hydrogen-bond acceptors (Lipinski definition) is 6. The Morgan fingerprint density at radius 1 is 1.48 bits per heavy atom. The molecule has 0 amide bonds. The van der Waals surface area contributed by atoms with E-state index in [1.54, 1.807) is 10.9 Å². The van der Waals surface area contributed by atoms with E-state index in [1.165, 1.54) is 12.1 Å². The maximum atomic E-state index is 12.4. The van der Waals surface area contributed by atoms with Crippen molar-refractivity contribution < 1.29 is 18.4 Å². The summed E-state index contributed by atoms with van der Waals surface area (Å²) in [6.45, 7) is -0.779. The van der Waals surface area contributed by atoms with Gasteiger partial charge in [0.1, 0.15) is 12.2 Å². The van der Waals surface area contributed by atoms with Crippen molar-refractivity contribution in [2.24, 2.45) is 7.05 Å². The first kappa shape index (κ1) is 16.6. The number of aromatic nitrogens is 3. The minimum absolute atomic E-state index is 0.00263. The van der Waals surface area contributed by atoms with Crippen LogP contribution in [-0.2, 0) is 7.05 Å². The number of benzene rings is 1. The Bertz CT molecular complexity index is 692. The summed E-state index contributed by atoms with van der Waals surface area (Å²) in [5, 5.41) is 21.6.